The predicted molar refractivity (Wildman–Crippen MR) is 53.3 cm³/mol. The number of hydrogen-bond acceptors (Lipinski definition) is 3. The molecule has 78 valence electrons. The Kier molecular flexibility index (Phi) is 7.69. The molecular weight excluding hydrogens is 166 g/mol. The molecule has 0 bridgehead atoms. The Morgan fingerprint density at radius 1 is 1.38 bits per heavy atom. The van der Waals surface area contributed by atoms with E-state index in [0.29, 0.717) is 25.5 Å². The van der Waals surface area contributed by atoms with Crippen molar-refractivity contribution >= 4 is 5.97 Å². The van der Waals surface area contributed by atoms with E-state index in [1.165, 1.54) is 0 Å². The van der Waals surface area contributed by atoms with Gasteiger partial charge in [-0.05, 0) is 31.7 Å². The van der Waals surface area contributed by atoms with Crippen LogP contribution in [0.2, 0.25) is 0 Å². The molecule has 0 aliphatic rings. The van der Waals surface area contributed by atoms with Crippen molar-refractivity contribution < 1.29 is 9.53 Å². The topological polar surface area (TPSA) is 52.3 Å². The van der Waals surface area contributed by atoms with E-state index in [1.807, 2.05) is 0 Å². The van der Waals surface area contributed by atoms with Gasteiger partial charge in [0.2, 0.25) is 0 Å². The molecule has 3 nitrogen and oxygen atoms in total. The second-order valence-electron chi connectivity index (χ2n) is 3.65. The zero-order valence-electron chi connectivity index (χ0n) is 8.71. The van der Waals surface area contributed by atoms with Crippen LogP contribution in [-0.4, -0.2) is 19.1 Å². The van der Waals surface area contributed by atoms with Gasteiger partial charge in [-0.25, -0.2) is 0 Å². The van der Waals surface area contributed by atoms with E-state index in [4.69, 9.17) is 10.5 Å². The lowest BCUT2D eigenvalue weighted by atomic mass is 10.1. The Bertz CT molecular complexity index is 135. The number of rotatable bonds is 7. The first-order valence-corrected chi connectivity index (χ1v) is 5.02. The lowest BCUT2D eigenvalue weighted by Crippen LogP contribution is -2.09. The molecule has 0 aromatic rings. The van der Waals surface area contributed by atoms with E-state index >= 15 is 0 Å². The van der Waals surface area contributed by atoms with Crippen molar-refractivity contribution in [1.29, 1.82) is 0 Å². The van der Waals surface area contributed by atoms with Crippen LogP contribution in [0.1, 0.15) is 39.5 Å². The molecule has 13 heavy (non-hydrogen) atoms. The summed E-state index contributed by atoms with van der Waals surface area (Å²) >= 11 is 0. The van der Waals surface area contributed by atoms with E-state index in [0.717, 1.165) is 19.3 Å². The van der Waals surface area contributed by atoms with Crippen molar-refractivity contribution in [3.8, 4) is 0 Å². The number of carbonyl (C=O) groups is 1. The van der Waals surface area contributed by atoms with Crippen LogP contribution in [-0.2, 0) is 9.53 Å². The minimum Gasteiger partial charge on any atom is -0.466 e. The van der Waals surface area contributed by atoms with Gasteiger partial charge >= 0.3 is 5.97 Å². The summed E-state index contributed by atoms with van der Waals surface area (Å²) in [5.74, 6) is 0.567. The minimum absolute atomic E-state index is 0.116. The summed E-state index contributed by atoms with van der Waals surface area (Å²) < 4.78 is 5.00. The Morgan fingerprint density at radius 2 is 2.08 bits per heavy atom. The molecule has 0 spiro atoms. The van der Waals surface area contributed by atoms with Gasteiger partial charge in [0.25, 0.3) is 0 Å². The Balaban J connectivity index is 3.17. The number of ether oxygens (including phenoxy) is 1. The molecule has 0 aromatic heterocycles. The Labute approximate surface area is 80.6 Å². The SMILES string of the molecule is CC(C)CCCOC(=O)CCCN. The van der Waals surface area contributed by atoms with Gasteiger partial charge < -0.3 is 10.5 Å². The van der Waals surface area contributed by atoms with E-state index in [-0.39, 0.29) is 5.97 Å². The minimum atomic E-state index is -0.116. The molecule has 0 saturated heterocycles. The third kappa shape index (κ3) is 9.34. The van der Waals surface area contributed by atoms with Gasteiger partial charge in [-0.15, -0.1) is 0 Å². The lowest BCUT2D eigenvalue weighted by molar-refractivity contribution is -0.143. The summed E-state index contributed by atoms with van der Waals surface area (Å²) in [5.41, 5.74) is 5.26. The average molecular weight is 187 g/mol. The van der Waals surface area contributed by atoms with Crippen LogP contribution in [0.5, 0.6) is 0 Å². The Hall–Kier alpha value is -0.570. The molecule has 3 heteroatoms. The molecule has 0 rings (SSSR count). The molecule has 0 unspecified atom stereocenters. The number of carbonyl (C=O) groups excluding carboxylic acids is 1. The van der Waals surface area contributed by atoms with Crippen LogP contribution < -0.4 is 5.73 Å². The summed E-state index contributed by atoms with van der Waals surface area (Å²) in [4.78, 5) is 11.0. The molecule has 0 radical (unpaired) electrons. The van der Waals surface area contributed by atoms with Gasteiger partial charge in [0.15, 0.2) is 0 Å². The number of nitrogens with two attached hydrogens (primary N) is 1. The molecule has 2 N–H and O–H groups in total. The van der Waals surface area contributed by atoms with Gasteiger partial charge in [0.05, 0.1) is 6.61 Å². The molecule has 0 aliphatic heterocycles. The highest BCUT2D eigenvalue weighted by Crippen LogP contribution is 2.03. The standard InChI is InChI=1S/C10H21NO2/c1-9(2)5-4-8-13-10(12)6-3-7-11/h9H,3-8,11H2,1-2H3. The summed E-state index contributed by atoms with van der Waals surface area (Å²) in [6.07, 6.45) is 3.26. The van der Waals surface area contributed by atoms with Crippen LogP contribution in [0.25, 0.3) is 0 Å². The van der Waals surface area contributed by atoms with Gasteiger partial charge in [-0.2, -0.15) is 0 Å². The second kappa shape index (κ2) is 8.05. The van der Waals surface area contributed by atoms with E-state index in [1.54, 1.807) is 0 Å². The van der Waals surface area contributed by atoms with Gasteiger partial charge in [-0.3, -0.25) is 4.79 Å². The summed E-state index contributed by atoms with van der Waals surface area (Å²) in [6.45, 7) is 5.44. The largest absolute Gasteiger partial charge is 0.466 e. The normalized spacial score (nSPS) is 10.5. The first kappa shape index (κ1) is 12.4. The van der Waals surface area contributed by atoms with Crippen LogP contribution in [0.3, 0.4) is 0 Å². The van der Waals surface area contributed by atoms with Gasteiger partial charge in [-0.1, -0.05) is 13.8 Å². The van der Waals surface area contributed by atoms with Gasteiger partial charge in [0, 0.05) is 6.42 Å². The fourth-order valence-corrected chi connectivity index (χ4v) is 0.996. The van der Waals surface area contributed by atoms with Crippen LogP contribution in [0.15, 0.2) is 0 Å². The molecular formula is C10H21NO2. The van der Waals surface area contributed by atoms with Crippen molar-refractivity contribution in [2.45, 2.75) is 39.5 Å². The van der Waals surface area contributed by atoms with E-state index in [2.05, 4.69) is 13.8 Å². The quantitative estimate of drug-likeness (QED) is 0.487. The van der Waals surface area contributed by atoms with Crippen molar-refractivity contribution in [3.05, 3.63) is 0 Å². The molecule has 0 atom stereocenters. The lowest BCUT2D eigenvalue weighted by Gasteiger charge is -2.05. The summed E-state index contributed by atoms with van der Waals surface area (Å²) in [6, 6.07) is 0. The Morgan fingerprint density at radius 3 is 2.62 bits per heavy atom. The van der Waals surface area contributed by atoms with Gasteiger partial charge in [0.1, 0.15) is 0 Å². The molecule has 0 fully saturated rings. The first-order chi connectivity index (χ1) is 6.16. The molecule has 0 aromatic carbocycles. The molecule has 0 heterocycles. The average Bonchev–Trinajstić information content (AvgIpc) is 2.08. The molecule has 0 amide bonds. The maximum absolute atomic E-state index is 11.0. The third-order valence-electron chi connectivity index (χ3n) is 1.77. The van der Waals surface area contributed by atoms with E-state index < -0.39 is 0 Å². The van der Waals surface area contributed by atoms with Crippen molar-refractivity contribution in [2.24, 2.45) is 11.7 Å². The van der Waals surface area contributed by atoms with Crippen molar-refractivity contribution in [3.63, 3.8) is 0 Å². The third-order valence-corrected chi connectivity index (χ3v) is 1.77. The second-order valence-corrected chi connectivity index (χ2v) is 3.65. The maximum Gasteiger partial charge on any atom is 0.305 e. The van der Waals surface area contributed by atoms with Crippen LogP contribution >= 0.6 is 0 Å². The maximum atomic E-state index is 11.0. The first-order valence-electron chi connectivity index (χ1n) is 5.02. The number of esters is 1. The highest BCUT2D eigenvalue weighted by atomic mass is 16.5. The number of hydrogen-bond donors (Lipinski definition) is 1. The van der Waals surface area contributed by atoms with E-state index in [9.17, 15) is 4.79 Å². The summed E-state index contributed by atoms with van der Waals surface area (Å²) in [5, 5.41) is 0. The highest BCUT2D eigenvalue weighted by molar-refractivity contribution is 5.69. The highest BCUT2D eigenvalue weighted by Gasteiger charge is 2.01. The molecule has 0 saturated carbocycles. The smallest absolute Gasteiger partial charge is 0.305 e. The van der Waals surface area contributed by atoms with Crippen molar-refractivity contribution in [2.75, 3.05) is 13.2 Å². The fraction of sp³-hybridized carbons (Fsp3) is 0.900. The zero-order chi connectivity index (χ0) is 10.1. The fourth-order valence-electron chi connectivity index (χ4n) is 0.996. The molecule has 0 aliphatic carbocycles. The van der Waals surface area contributed by atoms with Crippen LogP contribution in [0.4, 0.5) is 0 Å². The van der Waals surface area contributed by atoms with Crippen LogP contribution in [0, 0.1) is 5.92 Å². The summed E-state index contributed by atoms with van der Waals surface area (Å²) in [7, 11) is 0. The zero-order valence-corrected chi connectivity index (χ0v) is 8.71. The monoisotopic (exact) mass is 187 g/mol. The van der Waals surface area contributed by atoms with Crippen molar-refractivity contribution in [1.82, 2.24) is 0 Å². The predicted octanol–water partition coefficient (Wildman–Crippen LogP) is 1.70.